The van der Waals surface area contributed by atoms with Crippen molar-refractivity contribution in [3.63, 3.8) is 0 Å². The molecule has 1 atom stereocenters. The number of aryl methyl sites for hydroxylation is 2. The molecule has 0 aliphatic rings. The zero-order valence-corrected chi connectivity index (χ0v) is 16.4. The number of rotatable bonds is 5. The Balaban J connectivity index is 1.74. The summed E-state index contributed by atoms with van der Waals surface area (Å²) in [5, 5.41) is 4.04. The fourth-order valence-electron chi connectivity index (χ4n) is 2.62. The van der Waals surface area contributed by atoms with E-state index in [1.807, 2.05) is 17.7 Å². The topological polar surface area (TPSA) is 46.9 Å². The highest BCUT2D eigenvalue weighted by Gasteiger charge is 2.18. The number of aromatic nitrogens is 2. The molecule has 4 nitrogen and oxygen atoms in total. The molecule has 134 valence electrons. The van der Waals surface area contributed by atoms with Crippen LogP contribution in [-0.2, 0) is 4.79 Å². The van der Waals surface area contributed by atoms with Crippen LogP contribution >= 0.6 is 23.4 Å². The maximum absolute atomic E-state index is 12.5. The molecule has 0 spiro atoms. The third-order valence-electron chi connectivity index (χ3n) is 3.98. The second-order valence-corrected chi connectivity index (χ2v) is 7.87. The molecule has 0 aliphatic heterocycles. The molecule has 6 heteroatoms. The van der Waals surface area contributed by atoms with Crippen LogP contribution in [0.25, 0.3) is 5.69 Å². The molecular weight excluding hydrogens is 366 g/mol. The van der Waals surface area contributed by atoms with Gasteiger partial charge in [0, 0.05) is 23.1 Å². The van der Waals surface area contributed by atoms with Crippen molar-refractivity contribution in [1.82, 2.24) is 9.55 Å². The molecule has 0 saturated carbocycles. The van der Waals surface area contributed by atoms with E-state index in [-0.39, 0.29) is 11.2 Å². The van der Waals surface area contributed by atoms with Gasteiger partial charge in [0.1, 0.15) is 0 Å². The Labute approximate surface area is 162 Å². The summed E-state index contributed by atoms with van der Waals surface area (Å²) >= 11 is 7.30. The summed E-state index contributed by atoms with van der Waals surface area (Å²) in [5.41, 5.74) is 4.19. The Morgan fingerprint density at radius 1 is 1.19 bits per heavy atom. The molecule has 0 unspecified atom stereocenters. The molecule has 0 radical (unpaired) electrons. The summed E-state index contributed by atoms with van der Waals surface area (Å²) in [5.74, 6) is -0.0764. The Bertz CT molecular complexity index is 921. The van der Waals surface area contributed by atoms with Crippen LogP contribution in [0.3, 0.4) is 0 Å². The fraction of sp³-hybridized carbons (Fsp3) is 0.200. The number of thioether (sulfide) groups is 1. The van der Waals surface area contributed by atoms with Crippen molar-refractivity contribution >= 4 is 35.0 Å². The van der Waals surface area contributed by atoms with Crippen molar-refractivity contribution in [2.24, 2.45) is 0 Å². The van der Waals surface area contributed by atoms with Crippen LogP contribution in [-0.4, -0.2) is 20.7 Å². The molecule has 26 heavy (non-hydrogen) atoms. The molecule has 0 bridgehead atoms. The van der Waals surface area contributed by atoms with E-state index < -0.39 is 0 Å². The fourth-order valence-corrected chi connectivity index (χ4v) is 3.63. The van der Waals surface area contributed by atoms with Gasteiger partial charge in [-0.25, -0.2) is 4.98 Å². The molecule has 1 amide bonds. The van der Waals surface area contributed by atoms with Crippen LogP contribution in [0, 0.1) is 13.8 Å². The third-order valence-corrected chi connectivity index (χ3v) is 5.31. The monoisotopic (exact) mass is 385 g/mol. The van der Waals surface area contributed by atoms with Crippen LogP contribution in [0.1, 0.15) is 18.1 Å². The molecular formula is C20H20ClN3OS. The number of halogens is 1. The number of nitrogens with one attached hydrogen (secondary N) is 1. The van der Waals surface area contributed by atoms with E-state index in [1.54, 1.807) is 30.5 Å². The first-order valence-corrected chi connectivity index (χ1v) is 9.54. The first-order chi connectivity index (χ1) is 12.4. The van der Waals surface area contributed by atoms with Crippen molar-refractivity contribution < 1.29 is 4.79 Å². The van der Waals surface area contributed by atoms with E-state index in [9.17, 15) is 4.79 Å². The quantitative estimate of drug-likeness (QED) is 0.609. The van der Waals surface area contributed by atoms with Gasteiger partial charge in [-0.3, -0.25) is 9.36 Å². The number of anilines is 1. The lowest BCUT2D eigenvalue weighted by Gasteiger charge is -2.14. The minimum absolute atomic E-state index is 0.0764. The lowest BCUT2D eigenvalue weighted by atomic mass is 10.1. The van der Waals surface area contributed by atoms with Crippen LogP contribution in [0.5, 0.6) is 0 Å². The SMILES string of the molecule is Cc1ccc(-n2ccnc2S[C@@H](C)C(=O)Nc2ccc(Cl)cc2)c(C)c1. The molecule has 1 aromatic heterocycles. The Hall–Kier alpha value is -2.24. The lowest BCUT2D eigenvalue weighted by Crippen LogP contribution is -2.22. The van der Waals surface area contributed by atoms with E-state index >= 15 is 0 Å². The molecule has 3 aromatic rings. The highest BCUT2D eigenvalue weighted by Crippen LogP contribution is 2.27. The number of nitrogens with zero attached hydrogens (tertiary/aromatic N) is 2. The third kappa shape index (κ3) is 4.29. The summed E-state index contributed by atoms with van der Waals surface area (Å²) in [6, 6.07) is 13.4. The van der Waals surface area contributed by atoms with E-state index in [1.165, 1.54) is 22.9 Å². The van der Waals surface area contributed by atoms with E-state index in [4.69, 9.17) is 11.6 Å². The summed E-state index contributed by atoms with van der Waals surface area (Å²) in [7, 11) is 0. The Morgan fingerprint density at radius 3 is 2.62 bits per heavy atom. The van der Waals surface area contributed by atoms with Gasteiger partial charge in [-0.1, -0.05) is 41.1 Å². The molecule has 1 N–H and O–H groups in total. The van der Waals surface area contributed by atoms with Crippen molar-refractivity contribution in [3.05, 3.63) is 71.0 Å². The van der Waals surface area contributed by atoms with E-state index in [2.05, 4.69) is 42.3 Å². The second-order valence-electron chi connectivity index (χ2n) is 6.13. The maximum atomic E-state index is 12.5. The second kappa shape index (κ2) is 7.98. The van der Waals surface area contributed by atoms with Gasteiger partial charge < -0.3 is 5.32 Å². The largest absolute Gasteiger partial charge is 0.325 e. The Morgan fingerprint density at radius 2 is 1.92 bits per heavy atom. The van der Waals surface area contributed by atoms with Crippen molar-refractivity contribution in [3.8, 4) is 5.69 Å². The first-order valence-electron chi connectivity index (χ1n) is 8.28. The summed E-state index contributed by atoms with van der Waals surface area (Å²) in [6.07, 6.45) is 3.68. The number of hydrogen-bond donors (Lipinski definition) is 1. The van der Waals surface area contributed by atoms with Crippen LogP contribution in [0.15, 0.2) is 60.0 Å². The molecule has 1 heterocycles. The highest BCUT2D eigenvalue weighted by molar-refractivity contribution is 8.00. The van der Waals surface area contributed by atoms with Gasteiger partial charge in [-0.2, -0.15) is 0 Å². The predicted octanol–water partition coefficient (Wildman–Crippen LogP) is 5.26. The number of carbonyl (C=O) groups excluding carboxylic acids is 1. The van der Waals surface area contributed by atoms with Crippen LogP contribution in [0.2, 0.25) is 5.02 Å². The minimum Gasteiger partial charge on any atom is -0.325 e. The number of amides is 1. The number of carbonyl (C=O) groups is 1. The number of benzene rings is 2. The molecule has 2 aromatic carbocycles. The standard InChI is InChI=1S/C20H20ClN3OS/c1-13-4-9-18(14(2)12-13)24-11-10-22-20(24)26-15(3)19(25)23-17-7-5-16(21)6-8-17/h4-12,15H,1-3H3,(H,23,25)/t15-/m0/s1. The highest BCUT2D eigenvalue weighted by atomic mass is 35.5. The number of hydrogen-bond acceptors (Lipinski definition) is 3. The van der Waals surface area contributed by atoms with Crippen LogP contribution < -0.4 is 5.32 Å². The summed E-state index contributed by atoms with van der Waals surface area (Å²) in [4.78, 5) is 16.9. The van der Waals surface area contributed by atoms with E-state index in [0.29, 0.717) is 5.02 Å². The van der Waals surface area contributed by atoms with Gasteiger partial charge in [0.15, 0.2) is 5.16 Å². The average Bonchev–Trinajstić information content (AvgIpc) is 3.04. The minimum atomic E-state index is -0.294. The van der Waals surface area contributed by atoms with Gasteiger partial charge in [0.2, 0.25) is 5.91 Å². The van der Waals surface area contributed by atoms with Crippen molar-refractivity contribution in [2.45, 2.75) is 31.2 Å². The van der Waals surface area contributed by atoms with Gasteiger partial charge in [0.05, 0.1) is 10.9 Å². The first kappa shape index (κ1) is 18.5. The normalized spacial score (nSPS) is 12.0. The van der Waals surface area contributed by atoms with Crippen molar-refractivity contribution in [1.29, 1.82) is 0 Å². The maximum Gasteiger partial charge on any atom is 0.237 e. The van der Waals surface area contributed by atoms with E-state index in [0.717, 1.165) is 16.5 Å². The predicted molar refractivity (Wildman–Crippen MR) is 108 cm³/mol. The van der Waals surface area contributed by atoms with Gasteiger partial charge in [0.25, 0.3) is 0 Å². The van der Waals surface area contributed by atoms with Crippen LogP contribution in [0.4, 0.5) is 5.69 Å². The summed E-state index contributed by atoms with van der Waals surface area (Å²) < 4.78 is 2.02. The molecule has 0 saturated heterocycles. The zero-order valence-electron chi connectivity index (χ0n) is 14.9. The summed E-state index contributed by atoms with van der Waals surface area (Å²) in [6.45, 7) is 6.02. The van der Waals surface area contributed by atoms with Crippen molar-refractivity contribution in [2.75, 3.05) is 5.32 Å². The smallest absolute Gasteiger partial charge is 0.237 e. The lowest BCUT2D eigenvalue weighted by molar-refractivity contribution is -0.115. The zero-order chi connectivity index (χ0) is 18.7. The molecule has 0 aliphatic carbocycles. The number of imidazole rings is 1. The van der Waals surface area contributed by atoms with Gasteiger partial charge in [-0.15, -0.1) is 0 Å². The van der Waals surface area contributed by atoms with Gasteiger partial charge >= 0.3 is 0 Å². The van der Waals surface area contributed by atoms with Gasteiger partial charge in [-0.05, 0) is 56.7 Å². The average molecular weight is 386 g/mol. The molecule has 3 rings (SSSR count). The Kier molecular flexibility index (Phi) is 5.69. The molecule has 0 fully saturated rings.